The topological polar surface area (TPSA) is 12.0 Å². The quantitative estimate of drug-likeness (QED) is 0.772. The molecule has 0 fully saturated rings. The van der Waals surface area contributed by atoms with E-state index in [1.54, 1.807) is 9.45 Å². The first-order chi connectivity index (χ1) is 7.37. The van der Waals surface area contributed by atoms with Gasteiger partial charge >= 0.3 is 112 Å². The average Bonchev–Trinajstić information content (AvgIpc) is 2.25. The van der Waals surface area contributed by atoms with Gasteiger partial charge in [-0.15, -0.1) is 0 Å². The Morgan fingerprint density at radius 1 is 1.11 bits per heavy atom. The second kappa shape index (κ2) is 5.40. The maximum atomic E-state index is 3.91. The predicted molar refractivity (Wildman–Crippen MR) is 86.2 cm³/mol. The largest absolute Gasteiger partial charge is 0.0149 e. The van der Waals surface area contributed by atoms with Crippen LogP contribution in [0.15, 0.2) is 21.1 Å². The van der Waals surface area contributed by atoms with Gasteiger partial charge in [0.15, 0.2) is 0 Å². The molecule has 0 amide bonds. The Kier molecular flexibility index (Phi) is 5.51. The van der Waals surface area contributed by atoms with Crippen molar-refractivity contribution in [2.45, 2.75) is 64.5 Å². The fourth-order valence-corrected chi connectivity index (χ4v) is 8.94. The van der Waals surface area contributed by atoms with Gasteiger partial charge in [0.2, 0.25) is 0 Å². The molecule has 3 heteroatoms. The molecule has 1 rings (SSSR count). The number of nitrogens with one attached hydrogen (secondary N) is 1. The third-order valence-electron chi connectivity index (χ3n) is 3.80. The molecule has 0 aliphatic heterocycles. The van der Waals surface area contributed by atoms with E-state index in [0.717, 1.165) is 0 Å². The van der Waals surface area contributed by atoms with Crippen molar-refractivity contribution in [3.63, 3.8) is 0 Å². The van der Waals surface area contributed by atoms with Crippen LogP contribution in [0.3, 0.4) is 0 Å². The van der Waals surface area contributed by atoms with Gasteiger partial charge in [0.05, 0.1) is 0 Å². The summed E-state index contributed by atoms with van der Waals surface area (Å²) in [7, 11) is 0. The van der Waals surface area contributed by atoms with Gasteiger partial charge in [0.1, 0.15) is 0 Å². The fourth-order valence-electron chi connectivity index (χ4n) is 2.92. The molecule has 0 spiro atoms. The van der Waals surface area contributed by atoms with Crippen LogP contribution in [0.1, 0.15) is 48.5 Å². The van der Waals surface area contributed by atoms with Crippen LogP contribution in [0.5, 0.6) is 0 Å². The van der Waals surface area contributed by atoms with Gasteiger partial charge in [-0.05, 0) is 11.0 Å². The molecule has 1 nitrogen and oxygen atoms in total. The third kappa shape index (κ3) is 3.93. The van der Waals surface area contributed by atoms with Gasteiger partial charge < -0.3 is 0 Å². The zero-order valence-electron chi connectivity index (χ0n) is 13.1. The first-order valence-corrected chi connectivity index (χ1v) is 11.3. The van der Waals surface area contributed by atoms with Gasteiger partial charge in [-0.1, -0.05) is 0 Å². The minimum absolute atomic E-state index is 0. The Hall–Kier alpha value is 0.371. The van der Waals surface area contributed by atoms with Gasteiger partial charge in [0.25, 0.3) is 0 Å². The van der Waals surface area contributed by atoms with Gasteiger partial charge in [-0.25, -0.2) is 0 Å². The van der Waals surface area contributed by atoms with E-state index in [-0.39, 0.29) is 21.9 Å². The summed E-state index contributed by atoms with van der Waals surface area (Å²) in [6.07, 6.45) is 2.51. The summed E-state index contributed by atoms with van der Waals surface area (Å²) >= 11 is -2.10. The molecule has 0 saturated heterocycles. The number of hydrogen-bond donors (Lipinski definition) is 1. The number of hydrogen-bond acceptors (Lipinski definition) is 1. The second-order valence-corrected chi connectivity index (χ2v) is 13.8. The van der Waals surface area contributed by atoms with Crippen molar-refractivity contribution in [2.24, 2.45) is 5.41 Å². The summed E-state index contributed by atoms with van der Waals surface area (Å²) in [5.41, 5.74) is 3.55. The van der Waals surface area contributed by atoms with E-state index in [4.69, 9.17) is 0 Å². The Morgan fingerprint density at radius 3 is 1.83 bits per heavy atom. The molecule has 1 aliphatic carbocycles. The zero-order chi connectivity index (χ0) is 13.6. The van der Waals surface area contributed by atoms with Gasteiger partial charge in [-0.3, -0.25) is 0 Å². The van der Waals surface area contributed by atoms with Crippen LogP contribution in [-0.4, -0.2) is 16.5 Å². The summed E-state index contributed by atoms with van der Waals surface area (Å²) < 4.78 is 5.55. The number of allylic oxidation sites excluding steroid dienone is 4. The average molecular weight is 303 g/mol. The molecule has 0 heterocycles. The fraction of sp³-hybridized carbons (Fsp3) is 0.733. The first-order valence-electron chi connectivity index (χ1n) is 6.58. The van der Waals surface area contributed by atoms with Crippen LogP contribution in [0.25, 0.3) is 0 Å². The minimum atomic E-state index is -2.10. The van der Waals surface area contributed by atoms with Crippen molar-refractivity contribution >= 4 is 11.0 Å². The normalized spacial score (nSPS) is 19.7. The van der Waals surface area contributed by atoms with Crippen LogP contribution in [0, 0.1) is 5.41 Å². The van der Waals surface area contributed by atoms with Crippen molar-refractivity contribution in [3.8, 4) is 0 Å². The van der Waals surface area contributed by atoms with Gasteiger partial charge in [-0.2, -0.15) is 0 Å². The van der Waals surface area contributed by atoms with Crippen LogP contribution >= 0.6 is 0 Å². The Labute approximate surface area is 122 Å². The molecule has 1 aliphatic rings. The molecule has 0 aromatic heterocycles. The Balaban J connectivity index is 0.00000289. The summed E-state index contributed by atoms with van der Waals surface area (Å²) in [6.45, 7) is 16.1. The van der Waals surface area contributed by atoms with E-state index in [9.17, 15) is 0 Å². The second-order valence-electron chi connectivity index (χ2n) is 7.53. The molecule has 1 N–H and O–H groups in total. The van der Waals surface area contributed by atoms with Crippen LogP contribution in [0.4, 0.5) is 0 Å². The predicted octanol–water partition coefficient (Wildman–Crippen LogP) is 3.35. The number of rotatable bonds is 2. The third-order valence-corrected chi connectivity index (χ3v) is 8.86. The van der Waals surface area contributed by atoms with Crippen molar-refractivity contribution in [3.05, 3.63) is 21.1 Å². The smallest absolute Gasteiger partial charge is 0.0149 e. The molecule has 0 saturated carbocycles. The monoisotopic (exact) mass is 303 g/mol. The molecule has 0 radical (unpaired) electrons. The molecule has 0 bridgehead atoms. The Bertz CT molecular complexity index is 384. The Morgan fingerprint density at radius 2 is 1.56 bits per heavy atom. The molecule has 0 aromatic carbocycles. The van der Waals surface area contributed by atoms with Crippen molar-refractivity contribution < 1.29 is 16.8 Å². The molecule has 0 unspecified atom stereocenters. The van der Waals surface area contributed by atoms with Crippen LogP contribution < -0.4 is 3.80 Å². The molecule has 106 valence electrons. The van der Waals surface area contributed by atoms with Gasteiger partial charge in [0, 0.05) is 0 Å². The van der Waals surface area contributed by atoms with E-state index >= 15 is 0 Å². The SMILES string of the molecule is CC1=C(C)C(C)(C)C=[C]1[Ti]([CH3])([CH3])[NH]C(C)(C)C.[SiH4]. The summed E-state index contributed by atoms with van der Waals surface area (Å²) in [6, 6.07) is 0. The van der Waals surface area contributed by atoms with Crippen molar-refractivity contribution in [1.82, 2.24) is 3.80 Å². The standard InChI is InChI=1S/C9H13.C4H10N.2CH3.H4Si.Ti/c1-7-5-6-9(3,4)8(7)2;1-4(2,3)5;;;;/h6H,1-4H3;5H,1-3H3;2*1H3;1H4;/q;-1;;;;+1. The zero-order valence-corrected chi connectivity index (χ0v) is 14.6. The summed E-state index contributed by atoms with van der Waals surface area (Å²) in [5, 5.41) is 4.94. The summed E-state index contributed by atoms with van der Waals surface area (Å²) in [4.78, 5) is 0. The van der Waals surface area contributed by atoms with E-state index in [1.807, 2.05) is 0 Å². The first kappa shape index (κ1) is 18.4. The molecule has 0 aromatic rings. The minimum Gasteiger partial charge on any atom is -0.0149 e. The van der Waals surface area contributed by atoms with Crippen LogP contribution in [-0.2, 0) is 16.8 Å². The molecule has 18 heavy (non-hydrogen) atoms. The van der Waals surface area contributed by atoms with E-state index in [2.05, 4.69) is 68.8 Å². The van der Waals surface area contributed by atoms with E-state index in [1.165, 1.54) is 5.57 Å². The molecular formula is C15H33NSiTi. The van der Waals surface area contributed by atoms with Crippen molar-refractivity contribution in [2.75, 3.05) is 0 Å². The van der Waals surface area contributed by atoms with E-state index < -0.39 is 16.8 Å². The summed E-state index contributed by atoms with van der Waals surface area (Å²) in [5.74, 6) is 0. The maximum Gasteiger partial charge on any atom is -0.0149 e. The van der Waals surface area contributed by atoms with E-state index in [0.29, 0.717) is 0 Å². The van der Waals surface area contributed by atoms with Crippen molar-refractivity contribution in [1.29, 1.82) is 0 Å². The molecule has 0 atom stereocenters. The van der Waals surface area contributed by atoms with Crippen LogP contribution in [0.2, 0.25) is 10.5 Å². The molecular weight excluding hydrogens is 270 g/mol. The maximum absolute atomic E-state index is 3.91.